The van der Waals surface area contributed by atoms with E-state index in [-0.39, 0.29) is 16.1 Å². The summed E-state index contributed by atoms with van der Waals surface area (Å²) in [6.07, 6.45) is 1.44. The predicted molar refractivity (Wildman–Crippen MR) is 59.8 cm³/mol. The summed E-state index contributed by atoms with van der Waals surface area (Å²) in [4.78, 5) is 14.0. The van der Waals surface area contributed by atoms with Crippen molar-refractivity contribution >= 4 is 28.2 Å². The van der Waals surface area contributed by atoms with E-state index in [9.17, 15) is 15.2 Å². The van der Waals surface area contributed by atoms with Gasteiger partial charge in [0.15, 0.2) is 0 Å². The molecule has 0 saturated heterocycles. The minimum atomic E-state index is -0.662. The first kappa shape index (κ1) is 10.6. The van der Waals surface area contributed by atoms with Gasteiger partial charge in [0.1, 0.15) is 5.52 Å². The van der Waals surface area contributed by atoms with E-state index in [2.05, 4.69) is 4.98 Å². The Morgan fingerprint density at radius 3 is 2.88 bits per heavy atom. The van der Waals surface area contributed by atoms with Crippen molar-refractivity contribution in [3.63, 3.8) is 0 Å². The van der Waals surface area contributed by atoms with E-state index in [1.54, 1.807) is 12.1 Å². The highest BCUT2D eigenvalue weighted by Gasteiger charge is 2.24. The second-order valence-corrected chi connectivity index (χ2v) is 3.67. The molecule has 6 heteroatoms. The summed E-state index contributed by atoms with van der Waals surface area (Å²) in [5, 5.41) is 21.3. The van der Waals surface area contributed by atoms with Crippen LogP contribution in [0.3, 0.4) is 0 Å². The number of rotatable bonds is 1. The normalized spacial score (nSPS) is 10.6. The summed E-state index contributed by atoms with van der Waals surface area (Å²) < 4.78 is 0. The largest absolute Gasteiger partial charge is 0.501 e. The lowest BCUT2D eigenvalue weighted by Gasteiger charge is -2.06. The maximum atomic E-state index is 10.8. The van der Waals surface area contributed by atoms with Gasteiger partial charge in [0.2, 0.25) is 5.75 Å². The Kier molecular flexibility index (Phi) is 2.40. The van der Waals surface area contributed by atoms with Gasteiger partial charge in [0, 0.05) is 11.6 Å². The number of benzene rings is 1. The monoisotopic (exact) mass is 238 g/mol. The molecule has 0 aliphatic carbocycles. The van der Waals surface area contributed by atoms with Crippen LogP contribution in [0.5, 0.6) is 5.75 Å². The third-order valence-electron chi connectivity index (χ3n) is 2.36. The SMILES string of the molecule is Cc1c([N+](=O)[O-])c(O)c2ncccc2c1Cl. The quantitative estimate of drug-likeness (QED) is 0.612. The first-order chi connectivity index (χ1) is 7.54. The fraction of sp³-hybridized carbons (Fsp3) is 0.100. The zero-order chi connectivity index (χ0) is 11.9. The molecule has 1 aromatic carbocycles. The van der Waals surface area contributed by atoms with Gasteiger partial charge >= 0.3 is 5.69 Å². The van der Waals surface area contributed by atoms with E-state index in [4.69, 9.17) is 11.6 Å². The maximum absolute atomic E-state index is 10.8. The van der Waals surface area contributed by atoms with Crippen molar-refractivity contribution in [2.24, 2.45) is 0 Å². The summed E-state index contributed by atoms with van der Waals surface area (Å²) in [5.41, 5.74) is -0.00864. The molecule has 2 rings (SSSR count). The minimum Gasteiger partial charge on any atom is -0.501 e. The zero-order valence-electron chi connectivity index (χ0n) is 8.27. The van der Waals surface area contributed by atoms with Crippen molar-refractivity contribution in [2.45, 2.75) is 6.92 Å². The highest BCUT2D eigenvalue weighted by atomic mass is 35.5. The average Bonchev–Trinajstić information content (AvgIpc) is 2.26. The molecule has 0 aliphatic heterocycles. The van der Waals surface area contributed by atoms with E-state index >= 15 is 0 Å². The standard InChI is InChI=1S/C10H7ClN2O3/c1-5-7(11)6-3-2-4-12-8(6)10(14)9(5)13(15)16/h2-4,14H,1H3. The Hall–Kier alpha value is -1.88. The Morgan fingerprint density at radius 2 is 2.25 bits per heavy atom. The van der Waals surface area contributed by atoms with Crippen LogP contribution in [0, 0.1) is 17.0 Å². The van der Waals surface area contributed by atoms with E-state index in [1.807, 2.05) is 0 Å². The lowest BCUT2D eigenvalue weighted by molar-refractivity contribution is -0.386. The molecule has 0 spiro atoms. The van der Waals surface area contributed by atoms with Crippen molar-refractivity contribution in [1.82, 2.24) is 4.98 Å². The number of nitro groups is 1. The first-order valence-electron chi connectivity index (χ1n) is 4.44. The topological polar surface area (TPSA) is 76.3 Å². The second-order valence-electron chi connectivity index (χ2n) is 3.29. The molecule has 0 radical (unpaired) electrons. The molecule has 0 unspecified atom stereocenters. The number of nitrogens with zero attached hydrogens (tertiary/aromatic N) is 2. The highest BCUT2D eigenvalue weighted by molar-refractivity contribution is 6.36. The van der Waals surface area contributed by atoms with Crippen molar-refractivity contribution in [3.8, 4) is 5.75 Å². The van der Waals surface area contributed by atoms with Gasteiger partial charge in [0.05, 0.1) is 15.5 Å². The molecule has 16 heavy (non-hydrogen) atoms. The number of phenols is 1. The van der Waals surface area contributed by atoms with Crippen LogP contribution >= 0.6 is 11.6 Å². The van der Waals surface area contributed by atoms with Gasteiger partial charge in [-0.25, -0.2) is 0 Å². The van der Waals surface area contributed by atoms with Crippen LogP contribution in [0.15, 0.2) is 18.3 Å². The Bertz CT molecular complexity index is 598. The van der Waals surface area contributed by atoms with E-state index in [1.165, 1.54) is 13.1 Å². The summed E-state index contributed by atoms with van der Waals surface area (Å²) in [6.45, 7) is 1.49. The van der Waals surface area contributed by atoms with E-state index < -0.39 is 16.4 Å². The molecule has 0 saturated carbocycles. The van der Waals surface area contributed by atoms with Crippen LogP contribution < -0.4 is 0 Å². The van der Waals surface area contributed by atoms with Crippen LogP contribution in [0.1, 0.15) is 5.56 Å². The van der Waals surface area contributed by atoms with Crippen molar-refractivity contribution in [3.05, 3.63) is 39.0 Å². The van der Waals surface area contributed by atoms with Crippen LogP contribution in [0.4, 0.5) is 5.69 Å². The summed E-state index contributed by atoms with van der Waals surface area (Å²) in [5.74, 6) is -0.442. The molecular weight excluding hydrogens is 232 g/mol. The molecule has 2 aromatic rings. The fourth-order valence-corrected chi connectivity index (χ4v) is 1.83. The number of phenolic OH excluding ortho intramolecular Hbond substituents is 1. The van der Waals surface area contributed by atoms with Gasteiger partial charge in [-0.1, -0.05) is 11.6 Å². The molecule has 5 nitrogen and oxygen atoms in total. The van der Waals surface area contributed by atoms with E-state index in [0.29, 0.717) is 5.39 Å². The summed E-state index contributed by atoms with van der Waals surface area (Å²) >= 11 is 5.99. The minimum absolute atomic E-state index is 0.143. The van der Waals surface area contributed by atoms with Gasteiger partial charge in [-0.15, -0.1) is 0 Å². The number of pyridine rings is 1. The number of aromatic nitrogens is 1. The zero-order valence-corrected chi connectivity index (χ0v) is 9.02. The Labute approximate surface area is 95.4 Å². The Morgan fingerprint density at radius 1 is 1.56 bits per heavy atom. The molecule has 0 bridgehead atoms. The van der Waals surface area contributed by atoms with Gasteiger partial charge in [-0.2, -0.15) is 0 Å². The number of hydrogen-bond acceptors (Lipinski definition) is 4. The number of aromatic hydroxyl groups is 1. The lowest BCUT2D eigenvalue weighted by Crippen LogP contribution is -1.95. The van der Waals surface area contributed by atoms with Gasteiger partial charge in [-0.05, 0) is 19.1 Å². The highest BCUT2D eigenvalue weighted by Crippen LogP contribution is 2.41. The van der Waals surface area contributed by atoms with Crippen LogP contribution in [0.25, 0.3) is 10.9 Å². The predicted octanol–water partition coefficient (Wildman–Crippen LogP) is 2.81. The molecular formula is C10H7ClN2O3. The summed E-state index contributed by atoms with van der Waals surface area (Å²) in [7, 11) is 0. The molecule has 0 atom stereocenters. The molecule has 0 fully saturated rings. The molecule has 82 valence electrons. The molecule has 0 aliphatic rings. The van der Waals surface area contributed by atoms with Crippen LogP contribution in [0.2, 0.25) is 5.02 Å². The van der Waals surface area contributed by atoms with Crippen LogP contribution in [-0.2, 0) is 0 Å². The van der Waals surface area contributed by atoms with Crippen molar-refractivity contribution in [1.29, 1.82) is 0 Å². The third kappa shape index (κ3) is 1.37. The molecule has 1 N–H and O–H groups in total. The molecule has 1 aromatic heterocycles. The van der Waals surface area contributed by atoms with Gasteiger partial charge in [-0.3, -0.25) is 15.1 Å². The van der Waals surface area contributed by atoms with Gasteiger partial charge < -0.3 is 5.11 Å². The first-order valence-corrected chi connectivity index (χ1v) is 4.82. The maximum Gasteiger partial charge on any atom is 0.317 e. The molecule has 1 heterocycles. The average molecular weight is 239 g/mol. The number of halogens is 1. The number of fused-ring (bicyclic) bond motifs is 1. The van der Waals surface area contributed by atoms with Crippen molar-refractivity contribution in [2.75, 3.05) is 0 Å². The number of hydrogen-bond donors (Lipinski definition) is 1. The smallest absolute Gasteiger partial charge is 0.317 e. The number of nitro benzene ring substituents is 1. The fourth-order valence-electron chi connectivity index (χ4n) is 1.59. The summed E-state index contributed by atoms with van der Waals surface area (Å²) in [6, 6.07) is 3.31. The molecule has 0 amide bonds. The Balaban J connectivity index is 3.00. The lowest BCUT2D eigenvalue weighted by atomic mass is 10.1. The third-order valence-corrected chi connectivity index (χ3v) is 2.85. The van der Waals surface area contributed by atoms with Crippen LogP contribution in [-0.4, -0.2) is 15.0 Å². The van der Waals surface area contributed by atoms with E-state index in [0.717, 1.165) is 0 Å². The second kappa shape index (κ2) is 3.61. The van der Waals surface area contributed by atoms with Crippen molar-refractivity contribution < 1.29 is 10.0 Å². The van der Waals surface area contributed by atoms with Gasteiger partial charge in [0.25, 0.3) is 0 Å².